The highest BCUT2D eigenvalue weighted by Gasteiger charge is 2.24. The third-order valence-electron chi connectivity index (χ3n) is 6.57. The van der Waals surface area contributed by atoms with Crippen molar-refractivity contribution in [1.29, 1.82) is 0 Å². The number of methoxy groups -OCH3 is 1. The van der Waals surface area contributed by atoms with E-state index >= 15 is 0 Å². The summed E-state index contributed by atoms with van der Waals surface area (Å²) in [6, 6.07) is 23.3. The smallest absolute Gasteiger partial charge is 0.341 e. The number of pyridine rings is 1. The van der Waals surface area contributed by atoms with Crippen LogP contribution >= 0.6 is 11.3 Å². The molecule has 2 aromatic heterocycles. The number of esters is 1. The van der Waals surface area contributed by atoms with Crippen LogP contribution in [0.2, 0.25) is 0 Å². The number of hydrogen-bond donors (Lipinski definition) is 1. The number of carbonyl (C=O) groups excluding carboxylic acids is 2. The number of carbonyl (C=O) groups is 2. The van der Waals surface area contributed by atoms with Gasteiger partial charge in [0.25, 0.3) is 5.91 Å². The highest BCUT2D eigenvalue weighted by atomic mass is 32.1. The van der Waals surface area contributed by atoms with Crippen LogP contribution in [-0.2, 0) is 10.2 Å². The maximum absolute atomic E-state index is 13.7. The van der Waals surface area contributed by atoms with Crippen molar-refractivity contribution < 1.29 is 18.7 Å². The van der Waals surface area contributed by atoms with Gasteiger partial charge in [-0.15, -0.1) is 11.3 Å². The molecule has 39 heavy (non-hydrogen) atoms. The number of benzene rings is 3. The molecule has 0 aliphatic rings. The van der Waals surface area contributed by atoms with Crippen LogP contribution < -0.4 is 5.32 Å². The minimum Gasteiger partial charge on any atom is -0.465 e. The summed E-state index contributed by atoms with van der Waals surface area (Å²) in [5.41, 5.74) is 5.33. The second-order valence-corrected chi connectivity index (χ2v) is 11.1. The number of fused-ring (bicyclic) bond motifs is 1. The molecule has 0 saturated heterocycles. The molecule has 0 aliphatic heterocycles. The van der Waals surface area contributed by atoms with E-state index in [2.05, 4.69) is 38.2 Å². The first kappa shape index (κ1) is 26.3. The summed E-state index contributed by atoms with van der Waals surface area (Å²) in [5, 5.41) is 5.72. The van der Waals surface area contributed by atoms with Crippen LogP contribution in [-0.4, -0.2) is 24.0 Å². The van der Waals surface area contributed by atoms with Crippen LogP contribution in [0.1, 0.15) is 47.1 Å². The molecule has 0 radical (unpaired) electrons. The average Bonchev–Trinajstić information content (AvgIpc) is 3.35. The first-order chi connectivity index (χ1) is 18.7. The molecule has 3 aromatic carbocycles. The van der Waals surface area contributed by atoms with E-state index in [-0.39, 0.29) is 22.7 Å². The molecule has 0 spiro atoms. The zero-order chi connectivity index (χ0) is 27.7. The summed E-state index contributed by atoms with van der Waals surface area (Å²) in [6.45, 7) is 6.48. The highest BCUT2D eigenvalue weighted by Crippen LogP contribution is 2.37. The summed E-state index contributed by atoms with van der Waals surface area (Å²) in [5.74, 6) is -1.35. The van der Waals surface area contributed by atoms with Crippen molar-refractivity contribution in [2.45, 2.75) is 26.2 Å². The summed E-state index contributed by atoms with van der Waals surface area (Å²) in [6.07, 6.45) is 0. The lowest BCUT2D eigenvalue weighted by atomic mass is 9.86. The van der Waals surface area contributed by atoms with Gasteiger partial charge in [-0.3, -0.25) is 4.79 Å². The quantitative estimate of drug-likeness (QED) is 0.230. The lowest BCUT2D eigenvalue weighted by molar-refractivity contribution is 0.0603. The number of nitrogens with one attached hydrogen (secondary N) is 1. The molecular weight excluding hydrogens is 511 g/mol. The zero-order valence-electron chi connectivity index (χ0n) is 22.0. The Labute approximate surface area is 230 Å². The lowest BCUT2D eigenvalue weighted by Gasteiger charge is -2.19. The standard InChI is InChI=1S/C32H27FN2O3S/c1-32(2,3)21-13-9-20(10-14-21)27-17-24(23-7-5-6-8-26(23)34-27)29(36)35-30-28(31(37)38-4)25(18-39-30)19-11-15-22(33)16-12-19/h5-18H,1-4H3,(H,35,36). The Morgan fingerprint density at radius 3 is 2.26 bits per heavy atom. The third kappa shape index (κ3) is 5.31. The van der Waals surface area contributed by atoms with Crippen LogP contribution in [0.25, 0.3) is 33.3 Å². The summed E-state index contributed by atoms with van der Waals surface area (Å²) < 4.78 is 18.5. The van der Waals surface area contributed by atoms with Gasteiger partial charge in [0.15, 0.2) is 0 Å². The topological polar surface area (TPSA) is 68.3 Å². The number of thiophene rings is 1. The van der Waals surface area contributed by atoms with Gasteiger partial charge in [-0.05, 0) is 40.8 Å². The van der Waals surface area contributed by atoms with E-state index in [0.29, 0.717) is 38.3 Å². The Morgan fingerprint density at radius 2 is 1.59 bits per heavy atom. The van der Waals surface area contributed by atoms with E-state index < -0.39 is 5.97 Å². The monoisotopic (exact) mass is 538 g/mol. The maximum Gasteiger partial charge on any atom is 0.341 e. The van der Waals surface area contributed by atoms with Gasteiger partial charge in [-0.2, -0.15) is 0 Å². The first-order valence-corrected chi connectivity index (χ1v) is 13.3. The van der Waals surface area contributed by atoms with E-state index in [9.17, 15) is 14.0 Å². The van der Waals surface area contributed by atoms with Gasteiger partial charge in [0.05, 0.1) is 23.9 Å². The number of nitrogens with zero attached hydrogens (tertiary/aromatic N) is 1. The van der Waals surface area contributed by atoms with E-state index in [4.69, 9.17) is 9.72 Å². The van der Waals surface area contributed by atoms with Crippen molar-refractivity contribution >= 4 is 39.1 Å². The van der Waals surface area contributed by atoms with Gasteiger partial charge in [-0.25, -0.2) is 14.2 Å². The predicted octanol–water partition coefficient (Wildman–Crippen LogP) is 8.11. The normalized spacial score (nSPS) is 11.4. The van der Waals surface area contributed by atoms with E-state index in [1.807, 2.05) is 36.4 Å². The molecule has 7 heteroatoms. The number of amides is 1. The fourth-order valence-corrected chi connectivity index (χ4v) is 5.37. The average molecular weight is 539 g/mol. The van der Waals surface area contributed by atoms with Crippen molar-refractivity contribution in [3.05, 3.63) is 107 Å². The fraction of sp³-hybridized carbons (Fsp3) is 0.156. The molecule has 5 nitrogen and oxygen atoms in total. The molecule has 5 rings (SSSR count). The largest absolute Gasteiger partial charge is 0.465 e. The summed E-state index contributed by atoms with van der Waals surface area (Å²) in [7, 11) is 1.29. The van der Waals surface area contributed by atoms with Crippen LogP contribution in [0, 0.1) is 5.82 Å². The van der Waals surface area contributed by atoms with Crippen LogP contribution in [0.15, 0.2) is 84.2 Å². The van der Waals surface area contributed by atoms with Crippen LogP contribution in [0.5, 0.6) is 0 Å². The SMILES string of the molecule is COC(=O)c1c(-c2ccc(F)cc2)csc1NC(=O)c1cc(-c2ccc(C(C)(C)C)cc2)nc2ccccc12. The number of aromatic nitrogens is 1. The minimum atomic E-state index is -0.593. The molecule has 2 heterocycles. The number of para-hydroxylation sites is 1. The van der Waals surface area contributed by atoms with Gasteiger partial charge in [-0.1, -0.05) is 75.4 Å². The second-order valence-electron chi connectivity index (χ2n) is 10.2. The number of ether oxygens (including phenoxy) is 1. The molecule has 0 aliphatic carbocycles. The molecular formula is C32H27FN2O3S. The Kier molecular flexibility index (Phi) is 7.02. The molecule has 0 saturated carbocycles. The second kappa shape index (κ2) is 10.4. The van der Waals surface area contributed by atoms with Gasteiger partial charge in [0, 0.05) is 21.9 Å². The molecule has 1 amide bonds. The fourth-order valence-electron chi connectivity index (χ4n) is 4.42. The molecule has 196 valence electrons. The maximum atomic E-state index is 13.7. The molecule has 0 atom stereocenters. The summed E-state index contributed by atoms with van der Waals surface area (Å²) in [4.78, 5) is 31.3. The van der Waals surface area contributed by atoms with E-state index in [0.717, 1.165) is 5.56 Å². The molecule has 1 N–H and O–H groups in total. The van der Waals surface area contributed by atoms with Gasteiger partial charge < -0.3 is 10.1 Å². The number of rotatable bonds is 5. The molecule has 0 bridgehead atoms. The van der Waals surface area contributed by atoms with Crippen LogP contribution in [0.3, 0.4) is 0 Å². The number of hydrogen-bond acceptors (Lipinski definition) is 5. The predicted molar refractivity (Wildman–Crippen MR) is 155 cm³/mol. The Bertz CT molecular complexity index is 1680. The zero-order valence-corrected chi connectivity index (χ0v) is 22.9. The molecule has 0 fully saturated rings. The van der Waals surface area contributed by atoms with Gasteiger partial charge in [0.2, 0.25) is 0 Å². The van der Waals surface area contributed by atoms with E-state index in [1.54, 1.807) is 23.6 Å². The Morgan fingerprint density at radius 1 is 0.923 bits per heavy atom. The summed E-state index contributed by atoms with van der Waals surface area (Å²) >= 11 is 1.21. The lowest BCUT2D eigenvalue weighted by Crippen LogP contribution is -2.15. The first-order valence-electron chi connectivity index (χ1n) is 12.4. The highest BCUT2D eigenvalue weighted by molar-refractivity contribution is 7.15. The minimum absolute atomic E-state index is 0.0191. The van der Waals surface area contributed by atoms with Crippen molar-refractivity contribution in [2.24, 2.45) is 0 Å². The number of halogens is 1. The molecule has 0 unspecified atom stereocenters. The van der Waals surface area contributed by atoms with Crippen molar-refractivity contribution in [2.75, 3.05) is 12.4 Å². The van der Waals surface area contributed by atoms with Crippen molar-refractivity contribution in [3.63, 3.8) is 0 Å². The van der Waals surface area contributed by atoms with Gasteiger partial charge in [0.1, 0.15) is 16.4 Å². The molecule has 5 aromatic rings. The van der Waals surface area contributed by atoms with Crippen molar-refractivity contribution in [3.8, 4) is 22.4 Å². The van der Waals surface area contributed by atoms with Crippen LogP contribution in [0.4, 0.5) is 9.39 Å². The van der Waals surface area contributed by atoms with E-state index in [1.165, 1.54) is 36.1 Å². The van der Waals surface area contributed by atoms with Gasteiger partial charge >= 0.3 is 5.97 Å². The third-order valence-corrected chi connectivity index (χ3v) is 7.47. The Hall–Kier alpha value is -4.36. The van der Waals surface area contributed by atoms with Crippen molar-refractivity contribution in [1.82, 2.24) is 4.98 Å². The Balaban J connectivity index is 1.56. The number of anilines is 1.